The van der Waals surface area contributed by atoms with E-state index in [0.29, 0.717) is 62.1 Å². The van der Waals surface area contributed by atoms with Crippen molar-refractivity contribution in [3.05, 3.63) is 72.3 Å². The van der Waals surface area contributed by atoms with Crippen molar-refractivity contribution in [1.29, 1.82) is 0 Å². The Hall–Kier alpha value is -3.92. The SMILES string of the molecule is O=C(c1ccc(NS(=O)(=O)c2ccc3c(c2)OCCO3)cc1)N1CCN(c2ccccc2O)CC1. The van der Waals surface area contributed by atoms with Gasteiger partial charge in [0.2, 0.25) is 0 Å². The maximum absolute atomic E-state index is 13.0. The van der Waals surface area contributed by atoms with Crippen molar-refractivity contribution in [3.63, 3.8) is 0 Å². The highest BCUT2D eigenvalue weighted by molar-refractivity contribution is 7.92. The van der Waals surface area contributed by atoms with E-state index >= 15 is 0 Å². The number of fused-ring (bicyclic) bond motifs is 1. The Kier molecular flexibility index (Phi) is 6.12. The number of phenolic OH excluding ortho intramolecular Hbond substituents is 1. The molecule has 3 aromatic rings. The standard InChI is InChI=1S/C25H25N3O6S/c29-22-4-2-1-3-21(22)27-11-13-28(14-12-27)25(30)18-5-7-19(8-6-18)26-35(31,32)20-9-10-23-24(17-20)34-16-15-33-23/h1-10,17,26,29H,11-16H2. The zero-order valence-corrected chi connectivity index (χ0v) is 19.7. The van der Waals surface area contributed by atoms with Gasteiger partial charge in [-0.1, -0.05) is 12.1 Å². The van der Waals surface area contributed by atoms with Gasteiger partial charge >= 0.3 is 0 Å². The second-order valence-corrected chi connectivity index (χ2v) is 9.94. The molecule has 10 heteroatoms. The third-order valence-electron chi connectivity index (χ3n) is 6.00. The van der Waals surface area contributed by atoms with Crippen LogP contribution in [0, 0.1) is 0 Å². The summed E-state index contributed by atoms with van der Waals surface area (Å²) in [6.45, 7) is 3.04. The van der Waals surface area contributed by atoms with Crippen molar-refractivity contribution in [2.45, 2.75) is 4.90 Å². The Morgan fingerprint density at radius 1 is 0.857 bits per heavy atom. The molecule has 182 valence electrons. The number of benzene rings is 3. The minimum Gasteiger partial charge on any atom is -0.506 e. The molecular weight excluding hydrogens is 470 g/mol. The average molecular weight is 496 g/mol. The first-order chi connectivity index (χ1) is 16.9. The fraction of sp³-hybridized carbons (Fsp3) is 0.240. The number of ether oxygens (including phenoxy) is 2. The first-order valence-electron chi connectivity index (χ1n) is 11.3. The van der Waals surface area contributed by atoms with Gasteiger partial charge < -0.3 is 24.4 Å². The molecule has 9 nitrogen and oxygen atoms in total. The monoisotopic (exact) mass is 495 g/mol. The lowest BCUT2D eigenvalue weighted by Gasteiger charge is -2.36. The van der Waals surface area contributed by atoms with Crippen LogP contribution in [0.4, 0.5) is 11.4 Å². The smallest absolute Gasteiger partial charge is 0.262 e. The molecule has 1 fully saturated rings. The summed E-state index contributed by atoms with van der Waals surface area (Å²) in [6.07, 6.45) is 0. The molecule has 5 rings (SSSR count). The van der Waals surface area contributed by atoms with Crippen LogP contribution < -0.4 is 19.1 Å². The van der Waals surface area contributed by atoms with Crippen molar-refractivity contribution in [3.8, 4) is 17.2 Å². The summed E-state index contributed by atoms with van der Waals surface area (Å²) in [6, 6.07) is 18.0. The number of nitrogens with zero attached hydrogens (tertiary/aromatic N) is 2. The summed E-state index contributed by atoms with van der Waals surface area (Å²) in [4.78, 5) is 16.8. The summed E-state index contributed by atoms with van der Waals surface area (Å²) < 4.78 is 39.1. The Labute approximate surface area is 203 Å². The molecule has 0 unspecified atom stereocenters. The van der Waals surface area contributed by atoms with E-state index in [1.165, 1.54) is 12.1 Å². The molecule has 2 N–H and O–H groups in total. The van der Waals surface area contributed by atoms with Gasteiger partial charge in [0.05, 0.1) is 10.6 Å². The van der Waals surface area contributed by atoms with E-state index in [1.54, 1.807) is 47.4 Å². The van der Waals surface area contributed by atoms with E-state index in [0.717, 1.165) is 5.69 Å². The second kappa shape index (κ2) is 9.38. The van der Waals surface area contributed by atoms with Crippen LogP contribution in [0.15, 0.2) is 71.6 Å². The van der Waals surface area contributed by atoms with E-state index in [4.69, 9.17) is 9.47 Å². The molecule has 2 aliphatic heterocycles. The number of carbonyl (C=O) groups excluding carboxylic acids is 1. The van der Waals surface area contributed by atoms with Crippen LogP contribution in [-0.4, -0.2) is 63.7 Å². The number of para-hydroxylation sites is 2. The summed E-state index contributed by atoms with van der Waals surface area (Å²) in [7, 11) is -3.84. The minimum atomic E-state index is -3.84. The zero-order chi connectivity index (χ0) is 24.4. The van der Waals surface area contributed by atoms with E-state index in [9.17, 15) is 18.3 Å². The van der Waals surface area contributed by atoms with Crippen LogP contribution in [0.1, 0.15) is 10.4 Å². The highest BCUT2D eigenvalue weighted by Gasteiger charge is 2.24. The Bertz CT molecular complexity index is 1340. The van der Waals surface area contributed by atoms with Crippen LogP contribution in [0.3, 0.4) is 0 Å². The Morgan fingerprint density at radius 3 is 2.26 bits per heavy atom. The van der Waals surface area contributed by atoms with Crippen LogP contribution in [0.2, 0.25) is 0 Å². The summed E-state index contributed by atoms with van der Waals surface area (Å²) in [5.74, 6) is 1.01. The lowest BCUT2D eigenvalue weighted by Crippen LogP contribution is -2.48. The van der Waals surface area contributed by atoms with Crippen molar-refractivity contribution >= 4 is 27.3 Å². The first kappa shape index (κ1) is 22.9. The van der Waals surface area contributed by atoms with Crippen molar-refractivity contribution < 1.29 is 27.8 Å². The fourth-order valence-electron chi connectivity index (χ4n) is 4.15. The maximum atomic E-state index is 13.0. The van der Waals surface area contributed by atoms with E-state index in [-0.39, 0.29) is 16.6 Å². The van der Waals surface area contributed by atoms with Crippen molar-refractivity contribution in [1.82, 2.24) is 4.90 Å². The third kappa shape index (κ3) is 4.83. The second-order valence-electron chi connectivity index (χ2n) is 8.26. The molecule has 0 spiro atoms. The molecule has 0 aromatic heterocycles. The predicted molar refractivity (Wildman–Crippen MR) is 131 cm³/mol. The number of amides is 1. The molecule has 0 atom stereocenters. The summed E-state index contributed by atoms with van der Waals surface area (Å²) in [5.41, 5.74) is 1.58. The lowest BCUT2D eigenvalue weighted by molar-refractivity contribution is 0.0746. The molecular formula is C25H25N3O6S. The van der Waals surface area contributed by atoms with Gasteiger partial charge in [0, 0.05) is 43.5 Å². The number of hydrogen-bond acceptors (Lipinski definition) is 7. The average Bonchev–Trinajstić information content (AvgIpc) is 2.89. The fourth-order valence-corrected chi connectivity index (χ4v) is 5.22. The summed E-state index contributed by atoms with van der Waals surface area (Å²) in [5, 5.41) is 10.1. The topological polar surface area (TPSA) is 108 Å². The molecule has 0 radical (unpaired) electrons. The molecule has 0 aliphatic carbocycles. The molecule has 35 heavy (non-hydrogen) atoms. The normalized spacial score (nSPS) is 15.5. The van der Waals surface area contributed by atoms with Gasteiger partial charge in [-0.25, -0.2) is 8.42 Å². The third-order valence-corrected chi connectivity index (χ3v) is 7.38. The molecule has 0 bridgehead atoms. The molecule has 0 saturated carbocycles. The number of hydrogen-bond donors (Lipinski definition) is 2. The molecule has 1 saturated heterocycles. The number of anilines is 2. The minimum absolute atomic E-state index is 0.0595. The van der Waals surface area contributed by atoms with Crippen LogP contribution in [-0.2, 0) is 10.0 Å². The number of sulfonamides is 1. The Balaban J connectivity index is 1.22. The van der Waals surface area contributed by atoms with Gasteiger partial charge in [0.25, 0.3) is 15.9 Å². The number of nitrogens with one attached hydrogen (secondary N) is 1. The number of aromatic hydroxyl groups is 1. The first-order valence-corrected chi connectivity index (χ1v) is 12.7. The van der Waals surface area contributed by atoms with Gasteiger partial charge in [-0.3, -0.25) is 9.52 Å². The molecule has 2 heterocycles. The molecule has 2 aliphatic rings. The van der Waals surface area contributed by atoms with Gasteiger partial charge in [0.15, 0.2) is 11.5 Å². The highest BCUT2D eigenvalue weighted by atomic mass is 32.2. The number of rotatable bonds is 5. The Morgan fingerprint density at radius 2 is 1.54 bits per heavy atom. The van der Waals surface area contributed by atoms with Crippen LogP contribution >= 0.6 is 0 Å². The lowest BCUT2D eigenvalue weighted by atomic mass is 10.1. The molecule has 3 aromatic carbocycles. The number of carbonyl (C=O) groups is 1. The van der Waals surface area contributed by atoms with Crippen LogP contribution in [0.5, 0.6) is 17.2 Å². The van der Waals surface area contributed by atoms with Crippen molar-refractivity contribution in [2.75, 3.05) is 49.0 Å². The predicted octanol–water partition coefficient (Wildman–Crippen LogP) is 2.93. The van der Waals surface area contributed by atoms with Gasteiger partial charge in [-0.2, -0.15) is 0 Å². The van der Waals surface area contributed by atoms with Gasteiger partial charge in [-0.15, -0.1) is 0 Å². The van der Waals surface area contributed by atoms with Crippen LogP contribution in [0.25, 0.3) is 0 Å². The molecule has 1 amide bonds. The van der Waals surface area contributed by atoms with Gasteiger partial charge in [-0.05, 0) is 48.5 Å². The van der Waals surface area contributed by atoms with E-state index < -0.39 is 10.0 Å². The largest absolute Gasteiger partial charge is 0.506 e. The number of phenols is 1. The maximum Gasteiger partial charge on any atom is 0.262 e. The quantitative estimate of drug-likeness (QED) is 0.560. The number of piperazine rings is 1. The summed E-state index contributed by atoms with van der Waals surface area (Å²) >= 11 is 0. The van der Waals surface area contributed by atoms with E-state index in [2.05, 4.69) is 9.62 Å². The van der Waals surface area contributed by atoms with Gasteiger partial charge in [0.1, 0.15) is 19.0 Å². The van der Waals surface area contributed by atoms with E-state index in [1.807, 2.05) is 12.1 Å². The van der Waals surface area contributed by atoms with Crippen molar-refractivity contribution in [2.24, 2.45) is 0 Å². The highest BCUT2D eigenvalue weighted by Crippen LogP contribution is 2.33. The zero-order valence-electron chi connectivity index (χ0n) is 18.9.